The lowest BCUT2D eigenvalue weighted by Gasteiger charge is -2.08. The molecule has 0 fully saturated rings. The Labute approximate surface area is 284 Å². The quantitative estimate of drug-likeness (QED) is 0.186. The second-order valence-corrected chi connectivity index (χ2v) is 12.9. The minimum Gasteiger partial charge on any atom is -0.309 e. The highest BCUT2D eigenvalue weighted by atomic mass is 32.1. The molecule has 0 N–H and O–H groups in total. The molecule has 0 spiro atoms. The van der Waals surface area contributed by atoms with Crippen molar-refractivity contribution >= 4 is 54.9 Å². The largest absolute Gasteiger partial charge is 0.309 e. The number of aromatic nitrogens is 7. The second kappa shape index (κ2) is 11.0. The van der Waals surface area contributed by atoms with Crippen LogP contribution in [0.5, 0.6) is 0 Å². The van der Waals surface area contributed by atoms with Gasteiger partial charge in [-0.2, -0.15) is 0 Å². The number of hydrogen-bond acceptors (Lipinski definition) is 6. The van der Waals surface area contributed by atoms with Gasteiger partial charge in [-0.25, -0.2) is 24.9 Å². The molecule has 0 aliphatic heterocycles. The fraction of sp³-hybridized carbons (Fsp3) is 0. The monoisotopic (exact) mass is 647 g/mol. The molecule has 5 heterocycles. The lowest BCUT2D eigenvalue weighted by molar-refractivity contribution is 1.17. The summed E-state index contributed by atoms with van der Waals surface area (Å²) in [6, 6.07) is 42.3. The molecule has 8 heteroatoms. The van der Waals surface area contributed by atoms with Gasteiger partial charge in [0, 0.05) is 68.7 Å². The molecule has 0 amide bonds. The lowest BCUT2D eigenvalue weighted by Crippen LogP contribution is -1.93. The first-order chi connectivity index (χ1) is 24.3. The smallest absolute Gasteiger partial charge is 0.159 e. The molecule has 0 radical (unpaired) electrons. The highest BCUT2D eigenvalue weighted by molar-refractivity contribution is 7.17. The first-order valence-corrected chi connectivity index (χ1v) is 16.8. The Morgan fingerprint density at radius 3 is 1.51 bits per heavy atom. The molecule has 49 heavy (non-hydrogen) atoms. The number of thiazole rings is 1. The first kappa shape index (κ1) is 27.6. The van der Waals surface area contributed by atoms with Crippen LogP contribution < -0.4 is 0 Å². The Hall–Kier alpha value is -6.51. The third-order valence-electron chi connectivity index (χ3n) is 9.05. The van der Waals surface area contributed by atoms with Crippen LogP contribution in [-0.4, -0.2) is 34.1 Å². The van der Waals surface area contributed by atoms with Gasteiger partial charge in [0.25, 0.3) is 0 Å². The van der Waals surface area contributed by atoms with Crippen molar-refractivity contribution in [2.24, 2.45) is 0 Å². The Morgan fingerprint density at radius 1 is 0.408 bits per heavy atom. The van der Waals surface area contributed by atoms with Gasteiger partial charge in [-0.1, -0.05) is 59.9 Å². The molecule has 5 aromatic heterocycles. The molecule has 5 aromatic carbocycles. The van der Waals surface area contributed by atoms with Crippen molar-refractivity contribution in [3.8, 4) is 44.0 Å². The van der Waals surface area contributed by atoms with E-state index in [0.717, 1.165) is 76.0 Å². The summed E-state index contributed by atoms with van der Waals surface area (Å²) in [6.45, 7) is 0. The van der Waals surface area contributed by atoms with E-state index in [9.17, 15) is 0 Å². The van der Waals surface area contributed by atoms with Crippen molar-refractivity contribution in [2.75, 3.05) is 0 Å². The van der Waals surface area contributed by atoms with E-state index in [0.29, 0.717) is 11.6 Å². The summed E-state index contributed by atoms with van der Waals surface area (Å²) in [5, 5.41) is 6.57. The zero-order chi connectivity index (χ0) is 32.3. The molecule has 7 nitrogen and oxygen atoms in total. The maximum Gasteiger partial charge on any atom is 0.159 e. The summed E-state index contributed by atoms with van der Waals surface area (Å²) in [7, 11) is 0. The van der Waals surface area contributed by atoms with Crippen molar-refractivity contribution in [1.29, 1.82) is 0 Å². The lowest BCUT2D eigenvalue weighted by atomic mass is 10.1. The van der Waals surface area contributed by atoms with Crippen molar-refractivity contribution in [2.45, 2.75) is 0 Å². The van der Waals surface area contributed by atoms with E-state index in [4.69, 9.17) is 4.98 Å². The number of fused-ring (bicyclic) bond motifs is 6. The number of para-hydroxylation sites is 1. The highest BCUT2D eigenvalue weighted by Gasteiger charge is 2.21. The van der Waals surface area contributed by atoms with Gasteiger partial charge < -0.3 is 4.57 Å². The maximum absolute atomic E-state index is 4.88. The van der Waals surface area contributed by atoms with Crippen LogP contribution in [0.4, 0.5) is 0 Å². The van der Waals surface area contributed by atoms with E-state index in [-0.39, 0.29) is 0 Å². The van der Waals surface area contributed by atoms with E-state index in [2.05, 4.69) is 132 Å². The van der Waals surface area contributed by atoms with Crippen molar-refractivity contribution in [3.05, 3.63) is 152 Å². The van der Waals surface area contributed by atoms with Crippen LogP contribution >= 0.6 is 11.3 Å². The highest BCUT2D eigenvalue weighted by Crippen LogP contribution is 2.42. The van der Waals surface area contributed by atoms with Gasteiger partial charge in [0.15, 0.2) is 11.6 Å². The minimum absolute atomic E-state index is 0.699. The molecular formula is C41H25N7S. The van der Waals surface area contributed by atoms with Crippen LogP contribution in [0.2, 0.25) is 0 Å². The SMILES string of the molecule is c1ccc(-c2ncc(-n3c4ccc(-c5ncccn5)cc4c4cc5c(cc43)c3cc(-c4ncccn4)ccc3n5-c3ccccc3)s2)cc1. The topological polar surface area (TPSA) is 74.3 Å². The fourth-order valence-electron chi connectivity index (χ4n) is 6.88. The molecule has 0 saturated carbocycles. The molecule has 10 rings (SSSR count). The van der Waals surface area contributed by atoms with Gasteiger partial charge >= 0.3 is 0 Å². The second-order valence-electron chi connectivity index (χ2n) is 11.9. The summed E-state index contributed by atoms with van der Waals surface area (Å²) in [5.41, 5.74) is 8.59. The number of benzene rings is 5. The average molecular weight is 648 g/mol. The standard InChI is InChI=1S/C41H25N7S/c1-3-9-26(10-4-1)41-46-25-38(49-41)48-35-16-14-28(40-44-19-8-20-45-40)22-31(35)33-23-36-32(24-37(33)48)30-21-27(39-42-17-7-18-43-39)13-15-34(30)47(36)29-11-5-2-6-12-29/h1-25H. The van der Waals surface area contributed by atoms with E-state index < -0.39 is 0 Å². The normalized spacial score (nSPS) is 11.7. The molecule has 0 bridgehead atoms. The molecule has 0 atom stereocenters. The fourth-order valence-corrected chi connectivity index (χ4v) is 7.83. The van der Waals surface area contributed by atoms with Crippen LogP contribution in [0.25, 0.3) is 87.6 Å². The Morgan fingerprint density at radius 2 is 0.918 bits per heavy atom. The molecule has 0 unspecified atom stereocenters. The van der Waals surface area contributed by atoms with Crippen molar-refractivity contribution in [1.82, 2.24) is 34.1 Å². The molecule has 0 aliphatic rings. The number of nitrogens with zero attached hydrogens (tertiary/aromatic N) is 7. The summed E-state index contributed by atoms with van der Waals surface area (Å²) in [4.78, 5) is 23.1. The predicted octanol–water partition coefficient (Wildman–Crippen LogP) is 9.92. The van der Waals surface area contributed by atoms with E-state index in [1.807, 2.05) is 24.4 Å². The molecule has 10 aromatic rings. The minimum atomic E-state index is 0.699. The van der Waals surface area contributed by atoms with Crippen molar-refractivity contribution < 1.29 is 0 Å². The van der Waals surface area contributed by atoms with Crippen LogP contribution in [0.1, 0.15) is 0 Å². The van der Waals surface area contributed by atoms with Gasteiger partial charge in [-0.05, 0) is 72.8 Å². The van der Waals surface area contributed by atoms with E-state index in [1.54, 1.807) is 36.1 Å². The molecular weight excluding hydrogens is 623 g/mol. The van der Waals surface area contributed by atoms with Crippen LogP contribution in [-0.2, 0) is 0 Å². The summed E-state index contributed by atoms with van der Waals surface area (Å²) < 4.78 is 4.70. The summed E-state index contributed by atoms with van der Waals surface area (Å²) >= 11 is 1.69. The van der Waals surface area contributed by atoms with E-state index >= 15 is 0 Å². The molecule has 0 saturated heterocycles. The maximum atomic E-state index is 4.88. The van der Waals surface area contributed by atoms with Gasteiger partial charge in [0.2, 0.25) is 0 Å². The van der Waals surface area contributed by atoms with Gasteiger partial charge in [0.1, 0.15) is 10.0 Å². The number of hydrogen-bond donors (Lipinski definition) is 0. The van der Waals surface area contributed by atoms with Gasteiger partial charge in [-0.3, -0.25) is 4.57 Å². The Balaban J connectivity index is 1.31. The van der Waals surface area contributed by atoms with E-state index in [1.165, 1.54) is 0 Å². The third-order valence-corrected chi connectivity index (χ3v) is 10.1. The first-order valence-electron chi connectivity index (χ1n) is 16.0. The molecule has 230 valence electrons. The molecule has 0 aliphatic carbocycles. The Bertz CT molecular complexity index is 2810. The Kier molecular flexibility index (Phi) is 6.22. The zero-order valence-corrected chi connectivity index (χ0v) is 26.8. The van der Waals surface area contributed by atoms with Gasteiger partial charge in [0.05, 0.1) is 28.3 Å². The summed E-state index contributed by atoms with van der Waals surface area (Å²) in [5.74, 6) is 1.40. The third kappa shape index (κ3) is 4.46. The zero-order valence-electron chi connectivity index (χ0n) is 26.0. The predicted molar refractivity (Wildman–Crippen MR) is 198 cm³/mol. The van der Waals surface area contributed by atoms with Gasteiger partial charge in [-0.15, -0.1) is 0 Å². The summed E-state index contributed by atoms with van der Waals surface area (Å²) in [6.07, 6.45) is 9.14. The van der Waals surface area contributed by atoms with Crippen LogP contribution in [0.3, 0.4) is 0 Å². The number of rotatable bonds is 5. The van der Waals surface area contributed by atoms with Crippen molar-refractivity contribution in [3.63, 3.8) is 0 Å². The van der Waals surface area contributed by atoms with Crippen LogP contribution in [0.15, 0.2) is 152 Å². The van der Waals surface area contributed by atoms with Crippen LogP contribution in [0, 0.1) is 0 Å². The average Bonchev–Trinajstić information content (AvgIpc) is 3.87.